The Morgan fingerprint density at radius 3 is 2.72 bits per heavy atom. The van der Waals surface area contributed by atoms with Crippen molar-refractivity contribution in [3.63, 3.8) is 0 Å². The third kappa shape index (κ3) is 2.98. The number of rotatable bonds is 3. The lowest BCUT2D eigenvalue weighted by Gasteiger charge is -2.17. The molecule has 0 aliphatic heterocycles. The highest BCUT2D eigenvalue weighted by atomic mass is 35.5. The average Bonchev–Trinajstić information content (AvgIpc) is 3.21. The lowest BCUT2D eigenvalue weighted by molar-refractivity contribution is 0.342. The third-order valence-corrected chi connectivity index (χ3v) is 4.59. The molecule has 3 aromatic rings. The Bertz CT molecular complexity index is 1020. The number of hydrogen-bond acceptors (Lipinski definition) is 6. The average molecular weight is 364 g/mol. The van der Waals surface area contributed by atoms with Gasteiger partial charge in [0.05, 0.1) is 16.4 Å². The lowest BCUT2D eigenvalue weighted by atomic mass is 9.99. The monoisotopic (exact) mass is 363 g/mol. The zero-order valence-corrected chi connectivity index (χ0v) is 14.2. The number of fused-ring (bicyclic) bond motifs is 1. The van der Waals surface area contributed by atoms with Crippen LogP contribution >= 0.6 is 12.4 Å². The number of aromatic nitrogens is 4. The molecule has 1 aromatic carbocycles. The predicted octanol–water partition coefficient (Wildman–Crippen LogP) is 1.27. The van der Waals surface area contributed by atoms with Gasteiger partial charge in [-0.25, -0.2) is 4.79 Å². The van der Waals surface area contributed by atoms with Crippen LogP contribution in [0, 0.1) is 0 Å². The highest BCUT2D eigenvalue weighted by Crippen LogP contribution is 2.34. The molecule has 4 rings (SSSR count). The first kappa shape index (κ1) is 17.4. The topological polar surface area (TPSA) is 120 Å². The van der Waals surface area contributed by atoms with E-state index in [1.54, 1.807) is 24.3 Å². The Morgan fingerprint density at radius 1 is 1.24 bits per heavy atom. The van der Waals surface area contributed by atoms with Crippen LogP contribution in [0.3, 0.4) is 0 Å². The van der Waals surface area contributed by atoms with Crippen LogP contribution in [0.2, 0.25) is 0 Å². The zero-order valence-electron chi connectivity index (χ0n) is 13.4. The molecule has 9 heteroatoms. The van der Waals surface area contributed by atoms with E-state index >= 15 is 0 Å². The van der Waals surface area contributed by atoms with Gasteiger partial charge >= 0.3 is 5.69 Å². The summed E-state index contributed by atoms with van der Waals surface area (Å²) in [6.07, 6.45) is 3.68. The zero-order chi connectivity index (χ0) is 16.7. The highest BCUT2D eigenvalue weighted by Gasteiger charge is 2.36. The van der Waals surface area contributed by atoms with Gasteiger partial charge in [0.1, 0.15) is 6.54 Å². The van der Waals surface area contributed by atoms with E-state index in [0.717, 1.165) is 30.3 Å². The molecule has 2 heterocycles. The van der Waals surface area contributed by atoms with E-state index in [4.69, 9.17) is 10.3 Å². The van der Waals surface area contributed by atoms with Crippen molar-refractivity contribution >= 4 is 23.3 Å². The maximum atomic E-state index is 12.5. The summed E-state index contributed by atoms with van der Waals surface area (Å²) in [6.45, 7) is -0.0813. The van der Waals surface area contributed by atoms with Crippen LogP contribution in [0.4, 0.5) is 0 Å². The number of H-pyrrole nitrogens is 1. The molecule has 3 N–H and O–H groups in total. The molecule has 1 saturated carbocycles. The molecule has 8 nitrogen and oxygen atoms in total. The van der Waals surface area contributed by atoms with Crippen molar-refractivity contribution in [3.8, 4) is 0 Å². The molecule has 1 fully saturated rings. The largest absolute Gasteiger partial charge is 0.337 e. The standard InChI is InChI=1S/C16H17N5O3.ClH/c17-16(7-3-4-8-16)14-19-12(24-20-14)9-21-13(22)10-5-1-2-6-11(10)18-15(21)23;/h1-2,5-6H,3-4,7-9,17H2,(H,18,23);1H. The van der Waals surface area contributed by atoms with Crippen molar-refractivity contribution in [1.82, 2.24) is 19.7 Å². The second-order valence-electron chi connectivity index (χ2n) is 6.24. The minimum Gasteiger partial charge on any atom is -0.337 e. The Morgan fingerprint density at radius 2 is 1.96 bits per heavy atom. The summed E-state index contributed by atoms with van der Waals surface area (Å²) in [6, 6.07) is 6.85. The number of aromatic amines is 1. The van der Waals surface area contributed by atoms with Gasteiger partial charge in [0, 0.05) is 0 Å². The van der Waals surface area contributed by atoms with Crippen molar-refractivity contribution in [2.75, 3.05) is 0 Å². The molecule has 0 unspecified atom stereocenters. The molecule has 25 heavy (non-hydrogen) atoms. The van der Waals surface area contributed by atoms with Crippen LogP contribution in [0.15, 0.2) is 38.4 Å². The van der Waals surface area contributed by atoms with E-state index in [9.17, 15) is 9.59 Å². The fraction of sp³-hybridized carbons (Fsp3) is 0.375. The molecule has 0 bridgehead atoms. The van der Waals surface area contributed by atoms with Gasteiger partial charge in [-0.1, -0.05) is 30.1 Å². The van der Waals surface area contributed by atoms with Crippen molar-refractivity contribution in [2.45, 2.75) is 37.8 Å². The van der Waals surface area contributed by atoms with Gasteiger partial charge in [-0.05, 0) is 25.0 Å². The summed E-state index contributed by atoms with van der Waals surface area (Å²) in [4.78, 5) is 31.7. The Labute approximate surface area is 148 Å². The second-order valence-corrected chi connectivity index (χ2v) is 6.24. The number of nitrogens with zero attached hydrogens (tertiary/aromatic N) is 3. The minimum atomic E-state index is -0.567. The van der Waals surface area contributed by atoms with Crippen LogP contribution in [-0.2, 0) is 12.1 Å². The predicted molar refractivity (Wildman–Crippen MR) is 93.8 cm³/mol. The van der Waals surface area contributed by atoms with Crippen molar-refractivity contribution in [1.29, 1.82) is 0 Å². The van der Waals surface area contributed by atoms with Gasteiger partial charge in [0.2, 0.25) is 5.89 Å². The fourth-order valence-electron chi connectivity index (χ4n) is 3.23. The summed E-state index contributed by atoms with van der Waals surface area (Å²) in [7, 11) is 0. The van der Waals surface area contributed by atoms with E-state index in [-0.39, 0.29) is 24.8 Å². The van der Waals surface area contributed by atoms with Gasteiger partial charge in [0.25, 0.3) is 5.56 Å². The van der Waals surface area contributed by atoms with Crippen molar-refractivity contribution < 1.29 is 4.52 Å². The molecule has 1 aliphatic rings. The summed E-state index contributed by atoms with van der Waals surface area (Å²) >= 11 is 0. The smallest absolute Gasteiger partial charge is 0.329 e. The van der Waals surface area contributed by atoms with Gasteiger partial charge in [-0.2, -0.15) is 4.98 Å². The first-order chi connectivity index (χ1) is 11.6. The van der Waals surface area contributed by atoms with E-state index in [2.05, 4.69) is 15.1 Å². The van der Waals surface area contributed by atoms with Crippen LogP contribution in [0.5, 0.6) is 0 Å². The second kappa shape index (κ2) is 6.45. The molecular weight excluding hydrogens is 346 g/mol. The van der Waals surface area contributed by atoms with Crippen LogP contribution in [0.1, 0.15) is 37.4 Å². The first-order valence-electron chi connectivity index (χ1n) is 7.91. The lowest BCUT2D eigenvalue weighted by Crippen LogP contribution is -2.36. The molecule has 0 atom stereocenters. The summed E-state index contributed by atoms with van der Waals surface area (Å²) in [5.74, 6) is 0.643. The van der Waals surface area contributed by atoms with Gasteiger partial charge in [-0.3, -0.25) is 9.36 Å². The number of hydrogen-bond donors (Lipinski definition) is 2. The minimum absolute atomic E-state index is 0. The molecule has 2 aromatic heterocycles. The molecule has 132 valence electrons. The van der Waals surface area contributed by atoms with Crippen LogP contribution < -0.4 is 17.0 Å². The van der Waals surface area contributed by atoms with Gasteiger partial charge < -0.3 is 15.2 Å². The molecule has 0 radical (unpaired) electrons. The molecular formula is C16H18ClN5O3. The fourth-order valence-corrected chi connectivity index (χ4v) is 3.23. The Balaban J connectivity index is 0.00000182. The van der Waals surface area contributed by atoms with Crippen molar-refractivity contribution in [3.05, 3.63) is 56.8 Å². The van der Waals surface area contributed by atoms with E-state index in [0.29, 0.717) is 16.7 Å². The quantitative estimate of drug-likeness (QED) is 0.723. The van der Waals surface area contributed by atoms with Crippen LogP contribution in [-0.4, -0.2) is 19.7 Å². The van der Waals surface area contributed by atoms with Crippen molar-refractivity contribution in [2.24, 2.45) is 5.73 Å². The van der Waals surface area contributed by atoms with Gasteiger partial charge in [-0.15, -0.1) is 12.4 Å². The maximum Gasteiger partial charge on any atom is 0.329 e. The SMILES string of the molecule is Cl.NC1(c2noc(Cn3c(=O)[nH]c4ccccc4c3=O)n2)CCCC1. The summed E-state index contributed by atoms with van der Waals surface area (Å²) < 4.78 is 6.27. The number of benzene rings is 1. The van der Waals surface area contributed by atoms with E-state index in [1.165, 1.54) is 0 Å². The maximum absolute atomic E-state index is 12.5. The first-order valence-corrected chi connectivity index (χ1v) is 7.91. The Kier molecular flexibility index (Phi) is 4.49. The molecule has 0 saturated heterocycles. The van der Waals surface area contributed by atoms with E-state index in [1.807, 2.05) is 0 Å². The molecule has 0 spiro atoms. The summed E-state index contributed by atoms with van der Waals surface area (Å²) in [5.41, 5.74) is 5.33. The molecule has 1 aliphatic carbocycles. The number of nitrogens with one attached hydrogen (secondary N) is 1. The van der Waals surface area contributed by atoms with E-state index < -0.39 is 16.8 Å². The number of halogens is 1. The molecule has 0 amide bonds. The summed E-state index contributed by atoms with van der Waals surface area (Å²) in [5, 5.41) is 4.38. The highest BCUT2D eigenvalue weighted by molar-refractivity contribution is 5.85. The number of para-hydroxylation sites is 1. The normalized spacial score (nSPS) is 16.0. The van der Waals surface area contributed by atoms with Gasteiger partial charge in [0.15, 0.2) is 5.82 Å². The third-order valence-electron chi connectivity index (χ3n) is 4.59. The Hall–Kier alpha value is -2.45. The number of nitrogens with two attached hydrogens (primary N) is 1. The van der Waals surface area contributed by atoms with Crippen LogP contribution in [0.25, 0.3) is 10.9 Å².